The second-order valence-electron chi connectivity index (χ2n) is 6.15. The van der Waals surface area contributed by atoms with Crippen LogP contribution in [0.25, 0.3) is 0 Å². The zero-order valence-electron chi connectivity index (χ0n) is 11.9. The van der Waals surface area contributed by atoms with Gasteiger partial charge in [-0.1, -0.05) is 30.3 Å². The van der Waals surface area contributed by atoms with Crippen LogP contribution < -0.4 is 0 Å². The summed E-state index contributed by atoms with van der Waals surface area (Å²) in [6.07, 6.45) is 4.60. The summed E-state index contributed by atoms with van der Waals surface area (Å²) in [6, 6.07) is 12.6. The van der Waals surface area contributed by atoms with Crippen molar-refractivity contribution in [2.45, 2.75) is 44.3 Å². The van der Waals surface area contributed by atoms with Crippen LogP contribution in [-0.4, -0.2) is 8.32 Å². The Morgan fingerprint density at radius 1 is 1.21 bits per heavy atom. The summed E-state index contributed by atoms with van der Waals surface area (Å²) >= 11 is 0. The zero-order chi connectivity index (χ0) is 13.9. The van der Waals surface area contributed by atoms with E-state index in [0.29, 0.717) is 0 Å². The third kappa shape index (κ3) is 3.27. The van der Waals surface area contributed by atoms with Gasteiger partial charge >= 0.3 is 0 Å². The highest BCUT2D eigenvalue weighted by Gasteiger charge is 2.35. The van der Waals surface area contributed by atoms with E-state index in [1.54, 1.807) is 0 Å². The van der Waals surface area contributed by atoms with Crippen LogP contribution in [-0.2, 0) is 9.84 Å². The van der Waals surface area contributed by atoms with Crippen LogP contribution in [0.15, 0.2) is 42.2 Å². The van der Waals surface area contributed by atoms with Crippen LogP contribution in [0, 0.1) is 11.3 Å². The molecule has 19 heavy (non-hydrogen) atoms. The Bertz CT molecular complexity index is 510. The molecule has 0 radical (unpaired) electrons. The highest BCUT2D eigenvalue weighted by atomic mass is 28.4. The largest absolute Gasteiger partial charge is 0.548 e. The summed E-state index contributed by atoms with van der Waals surface area (Å²) in [6.45, 7) is 6.57. The molecule has 1 aliphatic carbocycles. The van der Waals surface area contributed by atoms with Crippen molar-refractivity contribution in [2.75, 3.05) is 0 Å². The van der Waals surface area contributed by atoms with Crippen molar-refractivity contribution in [3.8, 4) is 6.07 Å². The molecule has 0 heterocycles. The first-order valence-corrected chi connectivity index (χ1v) is 10.2. The van der Waals surface area contributed by atoms with E-state index in [9.17, 15) is 5.26 Å². The number of benzene rings is 1. The maximum Gasteiger partial charge on any atom is 0.241 e. The van der Waals surface area contributed by atoms with Gasteiger partial charge in [-0.25, -0.2) is 0 Å². The Kier molecular flexibility index (Phi) is 3.82. The molecule has 1 unspecified atom stereocenters. The molecule has 1 aromatic rings. The van der Waals surface area contributed by atoms with E-state index in [2.05, 4.69) is 43.9 Å². The lowest BCUT2D eigenvalue weighted by atomic mass is 9.72. The van der Waals surface area contributed by atoms with E-state index >= 15 is 0 Å². The molecular formula is C16H21NOSi. The molecule has 1 atom stereocenters. The lowest BCUT2D eigenvalue weighted by Gasteiger charge is -2.32. The van der Waals surface area contributed by atoms with E-state index in [1.165, 1.54) is 0 Å². The fourth-order valence-electron chi connectivity index (χ4n) is 2.50. The molecule has 0 saturated carbocycles. The fourth-order valence-corrected chi connectivity index (χ4v) is 3.47. The van der Waals surface area contributed by atoms with Crippen LogP contribution >= 0.6 is 0 Å². The molecule has 0 aliphatic heterocycles. The van der Waals surface area contributed by atoms with Crippen LogP contribution in [0.1, 0.15) is 24.8 Å². The smallest absolute Gasteiger partial charge is 0.241 e. The highest BCUT2D eigenvalue weighted by Crippen LogP contribution is 2.38. The Morgan fingerprint density at radius 2 is 1.89 bits per heavy atom. The minimum Gasteiger partial charge on any atom is -0.548 e. The van der Waals surface area contributed by atoms with Crippen molar-refractivity contribution in [1.82, 2.24) is 0 Å². The summed E-state index contributed by atoms with van der Waals surface area (Å²) in [5, 5.41) is 9.60. The van der Waals surface area contributed by atoms with Crippen molar-refractivity contribution in [3.05, 3.63) is 47.7 Å². The molecule has 2 rings (SSSR count). The quantitative estimate of drug-likeness (QED) is 0.765. The van der Waals surface area contributed by atoms with E-state index in [0.717, 1.165) is 30.6 Å². The second kappa shape index (κ2) is 5.22. The van der Waals surface area contributed by atoms with Gasteiger partial charge in [0.15, 0.2) is 0 Å². The van der Waals surface area contributed by atoms with Crippen molar-refractivity contribution in [1.29, 1.82) is 5.26 Å². The fraction of sp³-hybridized carbons (Fsp3) is 0.438. The van der Waals surface area contributed by atoms with Gasteiger partial charge in [0, 0.05) is 6.42 Å². The lowest BCUT2D eigenvalue weighted by Crippen LogP contribution is -2.30. The van der Waals surface area contributed by atoms with E-state index in [4.69, 9.17) is 4.43 Å². The predicted octanol–water partition coefficient (Wildman–Crippen LogP) is 4.37. The third-order valence-corrected chi connectivity index (χ3v) is 4.33. The monoisotopic (exact) mass is 271 g/mol. The summed E-state index contributed by atoms with van der Waals surface area (Å²) in [4.78, 5) is 0. The first-order chi connectivity index (χ1) is 8.95. The number of hydrogen-bond donors (Lipinski definition) is 0. The van der Waals surface area contributed by atoms with Crippen LogP contribution in [0.4, 0.5) is 0 Å². The first kappa shape index (κ1) is 13.9. The van der Waals surface area contributed by atoms with Crippen molar-refractivity contribution in [3.63, 3.8) is 0 Å². The molecule has 1 aliphatic rings. The molecule has 2 nitrogen and oxygen atoms in total. The lowest BCUT2D eigenvalue weighted by molar-refractivity contribution is 0.348. The molecular weight excluding hydrogens is 250 g/mol. The van der Waals surface area contributed by atoms with Gasteiger partial charge in [0.1, 0.15) is 0 Å². The van der Waals surface area contributed by atoms with Crippen molar-refractivity contribution in [2.24, 2.45) is 0 Å². The molecule has 0 saturated heterocycles. The topological polar surface area (TPSA) is 33.0 Å². The average Bonchev–Trinajstić information content (AvgIpc) is 2.39. The van der Waals surface area contributed by atoms with Crippen LogP contribution in [0.3, 0.4) is 0 Å². The van der Waals surface area contributed by atoms with E-state index < -0.39 is 8.32 Å². The van der Waals surface area contributed by atoms with Crippen molar-refractivity contribution >= 4 is 8.32 Å². The minimum atomic E-state index is -1.53. The van der Waals surface area contributed by atoms with Crippen LogP contribution in [0.2, 0.25) is 19.6 Å². The van der Waals surface area contributed by atoms with Crippen LogP contribution in [0.5, 0.6) is 0 Å². The Balaban J connectivity index is 2.19. The zero-order valence-corrected chi connectivity index (χ0v) is 12.9. The SMILES string of the molecule is C[Si](C)(C)OC1=CCC(C#N)(c2ccccc2)CC1. The molecule has 100 valence electrons. The minimum absolute atomic E-state index is 0.368. The molecule has 1 aromatic carbocycles. The van der Waals surface area contributed by atoms with Gasteiger partial charge in [0.05, 0.1) is 17.2 Å². The molecule has 0 bridgehead atoms. The van der Waals surface area contributed by atoms with Gasteiger partial charge in [0.25, 0.3) is 0 Å². The molecule has 0 N–H and O–H groups in total. The number of nitrogens with zero attached hydrogens (tertiary/aromatic N) is 1. The van der Waals surface area contributed by atoms with E-state index in [1.807, 2.05) is 18.2 Å². The van der Waals surface area contributed by atoms with Gasteiger partial charge in [-0.15, -0.1) is 0 Å². The summed E-state index contributed by atoms with van der Waals surface area (Å²) < 4.78 is 6.04. The third-order valence-electron chi connectivity index (χ3n) is 3.45. The molecule has 0 fully saturated rings. The van der Waals surface area contributed by atoms with Gasteiger partial charge in [-0.05, 0) is 44.1 Å². The van der Waals surface area contributed by atoms with Gasteiger partial charge < -0.3 is 4.43 Å². The predicted molar refractivity (Wildman–Crippen MR) is 80.1 cm³/mol. The molecule has 3 heteroatoms. The Labute approximate surface area is 116 Å². The van der Waals surface area contributed by atoms with E-state index in [-0.39, 0.29) is 5.41 Å². The average molecular weight is 271 g/mol. The summed E-state index contributed by atoms with van der Waals surface area (Å²) in [5.41, 5.74) is 0.758. The number of rotatable bonds is 3. The molecule has 0 spiro atoms. The standard InChI is InChI=1S/C16H21NOSi/c1-19(2,3)18-15-9-11-16(13-17,12-10-15)14-7-5-4-6-8-14/h4-9H,10-12H2,1-3H3. The second-order valence-corrected chi connectivity index (χ2v) is 10.6. The summed E-state index contributed by atoms with van der Waals surface area (Å²) in [5.74, 6) is 1.08. The van der Waals surface area contributed by atoms with Crippen molar-refractivity contribution < 1.29 is 4.43 Å². The Morgan fingerprint density at radius 3 is 2.37 bits per heavy atom. The first-order valence-electron chi connectivity index (χ1n) is 6.80. The van der Waals surface area contributed by atoms with Gasteiger partial charge in [-0.3, -0.25) is 0 Å². The normalized spacial score (nSPS) is 23.4. The molecule has 0 aromatic heterocycles. The Hall–Kier alpha value is -1.53. The highest BCUT2D eigenvalue weighted by molar-refractivity contribution is 6.70. The van der Waals surface area contributed by atoms with Gasteiger partial charge in [-0.2, -0.15) is 5.26 Å². The number of allylic oxidation sites excluding steroid dienone is 2. The maximum atomic E-state index is 9.60. The summed E-state index contributed by atoms with van der Waals surface area (Å²) in [7, 11) is -1.53. The molecule has 0 amide bonds. The number of hydrogen-bond acceptors (Lipinski definition) is 2. The van der Waals surface area contributed by atoms with Gasteiger partial charge in [0.2, 0.25) is 8.32 Å². The number of nitriles is 1. The maximum absolute atomic E-state index is 9.60.